The Hall–Kier alpha value is -1.55. The summed E-state index contributed by atoms with van der Waals surface area (Å²) < 4.78 is 5.40. The molecule has 1 N–H and O–H groups in total. The summed E-state index contributed by atoms with van der Waals surface area (Å²) >= 11 is 5.95. The van der Waals surface area contributed by atoms with Crippen molar-refractivity contribution in [2.24, 2.45) is 5.92 Å². The van der Waals surface area contributed by atoms with Crippen LogP contribution in [0.3, 0.4) is 0 Å². The summed E-state index contributed by atoms with van der Waals surface area (Å²) in [5.74, 6) is 1.54. The van der Waals surface area contributed by atoms with Crippen LogP contribution in [0.5, 0.6) is 5.75 Å². The molecule has 0 aromatic heterocycles. The Morgan fingerprint density at radius 2 is 1.75 bits per heavy atom. The highest BCUT2D eigenvalue weighted by molar-refractivity contribution is 6.30. The summed E-state index contributed by atoms with van der Waals surface area (Å²) in [6, 6.07) is 16.4. The molecule has 2 aromatic rings. The van der Waals surface area contributed by atoms with Crippen LogP contribution in [0.4, 0.5) is 0 Å². The van der Waals surface area contributed by atoms with Gasteiger partial charge in [0.1, 0.15) is 12.4 Å². The highest BCUT2D eigenvalue weighted by Crippen LogP contribution is 2.23. The highest BCUT2D eigenvalue weighted by atomic mass is 35.5. The molecule has 3 rings (SSSR count). The second-order valence-electron chi connectivity index (χ2n) is 6.44. The first-order valence-corrected chi connectivity index (χ1v) is 8.90. The molecule has 1 atom stereocenters. The molecular weight excluding hydrogens is 322 g/mol. The summed E-state index contributed by atoms with van der Waals surface area (Å²) in [4.78, 5) is 2.52. The molecule has 0 radical (unpaired) electrons. The maximum absolute atomic E-state index is 8.78. The summed E-state index contributed by atoms with van der Waals surface area (Å²) in [6.07, 6.45) is 2.38. The molecule has 1 aliphatic heterocycles. The maximum atomic E-state index is 8.78. The van der Waals surface area contributed by atoms with Crippen LogP contribution >= 0.6 is 11.6 Å². The number of nitrogens with zero attached hydrogens (tertiary/aromatic N) is 1. The van der Waals surface area contributed by atoms with Crippen molar-refractivity contribution in [2.45, 2.75) is 19.4 Å². The second-order valence-corrected chi connectivity index (χ2v) is 6.87. The fourth-order valence-electron chi connectivity index (χ4n) is 3.29. The molecule has 1 saturated heterocycles. The number of aliphatic hydroxyl groups excluding tert-OH is 1. The average Bonchev–Trinajstić information content (AvgIpc) is 3.03. The predicted molar refractivity (Wildman–Crippen MR) is 97.6 cm³/mol. The molecule has 4 heteroatoms. The van der Waals surface area contributed by atoms with Gasteiger partial charge in [-0.1, -0.05) is 35.9 Å². The van der Waals surface area contributed by atoms with Crippen molar-refractivity contribution in [2.75, 3.05) is 26.3 Å². The zero-order valence-corrected chi connectivity index (χ0v) is 14.6. The molecule has 1 heterocycles. The van der Waals surface area contributed by atoms with Crippen LogP contribution in [0.2, 0.25) is 5.02 Å². The van der Waals surface area contributed by atoms with Gasteiger partial charge in [0.05, 0.1) is 6.61 Å². The largest absolute Gasteiger partial charge is 0.491 e. The SMILES string of the molecule is OCCOc1ccc(CN2CCC(Cc3ccc(Cl)cc3)C2)cc1. The van der Waals surface area contributed by atoms with E-state index in [2.05, 4.69) is 29.2 Å². The van der Waals surface area contributed by atoms with E-state index in [9.17, 15) is 0 Å². The van der Waals surface area contributed by atoms with Crippen LogP contribution in [-0.2, 0) is 13.0 Å². The van der Waals surface area contributed by atoms with E-state index in [1.54, 1.807) is 0 Å². The van der Waals surface area contributed by atoms with Crippen molar-refractivity contribution in [3.05, 3.63) is 64.7 Å². The van der Waals surface area contributed by atoms with Gasteiger partial charge in [0.2, 0.25) is 0 Å². The summed E-state index contributed by atoms with van der Waals surface area (Å²) in [7, 11) is 0. The van der Waals surface area contributed by atoms with E-state index in [4.69, 9.17) is 21.4 Å². The van der Waals surface area contributed by atoms with Crippen LogP contribution in [0.1, 0.15) is 17.5 Å². The third kappa shape index (κ3) is 4.97. The lowest BCUT2D eigenvalue weighted by Crippen LogP contribution is -2.20. The van der Waals surface area contributed by atoms with Gasteiger partial charge in [-0.3, -0.25) is 4.90 Å². The van der Waals surface area contributed by atoms with E-state index in [0.29, 0.717) is 6.61 Å². The Morgan fingerprint density at radius 1 is 1.04 bits per heavy atom. The number of likely N-dealkylation sites (tertiary alicyclic amines) is 1. The van der Waals surface area contributed by atoms with Gasteiger partial charge >= 0.3 is 0 Å². The van der Waals surface area contributed by atoms with Crippen LogP contribution in [0.15, 0.2) is 48.5 Å². The minimum atomic E-state index is 0.0462. The molecule has 0 aliphatic carbocycles. The van der Waals surface area contributed by atoms with Crippen molar-refractivity contribution < 1.29 is 9.84 Å². The van der Waals surface area contributed by atoms with E-state index in [1.807, 2.05) is 24.3 Å². The first-order chi connectivity index (χ1) is 11.7. The topological polar surface area (TPSA) is 32.7 Å². The summed E-state index contributed by atoms with van der Waals surface area (Å²) in [6.45, 7) is 3.67. The molecular formula is C20H24ClNO2. The van der Waals surface area contributed by atoms with E-state index < -0.39 is 0 Å². The fraction of sp³-hybridized carbons (Fsp3) is 0.400. The highest BCUT2D eigenvalue weighted by Gasteiger charge is 2.22. The minimum Gasteiger partial charge on any atom is -0.491 e. The van der Waals surface area contributed by atoms with Crippen molar-refractivity contribution >= 4 is 11.6 Å². The van der Waals surface area contributed by atoms with Gasteiger partial charge < -0.3 is 9.84 Å². The van der Waals surface area contributed by atoms with Gasteiger partial charge in [0.25, 0.3) is 0 Å². The normalized spacial score (nSPS) is 18.0. The van der Waals surface area contributed by atoms with Gasteiger partial charge in [-0.05, 0) is 60.7 Å². The van der Waals surface area contributed by atoms with Crippen molar-refractivity contribution in [3.8, 4) is 5.75 Å². The molecule has 24 heavy (non-hydrogen) atoms. The number of aliphatic hydroxyl groups is 1. The Labute approximate surface area is 148 Å². The molecule has 1 unspecified atom stereocenters. The monoisotopic (exact) mass is 345 g/mol. The van der Waals surface area contributed by atoms with Gasteiger partial charge in [-0.15, -0.1) is 0 Å². The van der Waals surface area contributed by atoms with Gasteiger partial charge in [0, 0.05) is 18.1 Å². The number of ether oxygens (including phenoxy) is 1. The van der Waals surface area contributed by atoms with Crippen LogP contribution in [0, 0.1) is 5.92 Å². The zero-order chi connectivity index (χ0) is 16.8. The third-order valence-electron chi connectivity index (χ3n) is 4.50. The van der Waals surface area contributed by atoms with E-state index in [1.165, 1.54) is 17.5 Å². The number of halogens is 1. The van der Waals surface area contributed by atoms with E-state index in [-0.39, 0.29) is 6.61 Å². The molecule has 1 aliphatic rings. The van der Waals surface area contributed by atoms with Gasteiger partial charge in [0.15, 0.2) is 0 Å². The minimum absolute atomic E-state index is 0.0462. The summed E-state index contributed by atoms with van der Waals surface area (Å²) in [5, 5.41) is 9.58. The smallest absolute Gasteiger partial charge is 0.119 e. The first-order valence-electron chi connectivity index (χ1n) is 8.52. The zero-order valence-electron chi connectivity index (χ0n) is 13.8. The Morgan fingerprint density at radius 3 is 2.46 bits per heavy atom. The molecule has 0 spiro atoms. The molecule has 0 amide bonds. The number of hydrogen-bond donors (Lipinski definition) is 1. The average molecular weight is 346 g/mol. The number of benzene rings is 2. The molecule has 0 saturated carbocycles. The van der Waals surface area contributed by atoms with Gasteiger partial charge in [-0.2, -0.15) is 0 Å². The standard InChI is InChI=1S/C20H24ClNO2/c21-19-5-1-16(2-6-19)13-18-9-10-22(15-18)14-17-3-7-20(8-4-17)24-12-11-23/h1-8,18,23H,9-15H2. The van der Waals surface area contributed by atoms with E-state index in [0.717, 1.165) is 42.7 Å². The Kier molecular flexibility index (Phi) is 6.13. The maximum Gasteiger partial charge on any atom is 0.119 e. The Balaban J connectivity index is 1.48. The van der Waals surface area contributed by atoms with Crippen molar-refractivity contribution in [1.82, 2.24) is 4.90 Å². The second kappa shape index (κ2) is 8.52. The first kappa shape index (κ1) is 17.3. The third-order valence-corrected chi connectivity index (χ3v) is 4.75. The molecule has 2 aromatic carbocycles. The number of rotatable bonds is 7. The molecule has 3 nitrogen and oxygen atoms in total. The lowest BCUT2D eigenvalue weighted by molar-refractivity contribution is 0.201. The Bertz CT molecular complexity index is 627. The number of hydrogen-bond acceptors (Lipinski definition) is 3. The lowest BCUT2D eigenvalue weighted by atomic mass is 9.99. The van der Waals surface area contributed by atoms with Crippen LogP contribution < -0.4 is 4.74 Å². The quantitative estimate of drug-likeness (QED) is 0.829. The lowest BCUT2D eigenvalue weighted by Gasteiger charge is -2.16. The van der Waals surface area contributed by atoms with Gasteiger partial charge in [-0.25, -0.2) is 0 Å². The molecule has 1 fully saturated rings. The molecule has 128 valence electrons. The van der Waals surface area contributed by atoms with Crippen molar-refractivity contribution in [1.29, 1.82) is 0 Å². The van der Waals surface area contributed by atoms with E-state index >= 15 is 0 Å². The molecule has 0 bridgehead atoms. The van der Waals surface area contributed by atoms with Crippen molar-refractivity contribution in [3.63, 3.8) is 0 Å². The van der Waals surface area contributed by atoms with Crippen LogP contribution in [-0.4, -0.2) is 36.3 Å². The summed E-state index contributed by atoms with van der Waals surface area (Å²) in [5.41, 5.74) is 2.68. The predicted octanol–water partition coefficient (Wildman–Crippen LogP) is 3.78. The fourth-order valence-corrected chi connectivity index (χ4v) is 3.42. The van der Waals surface area contributed by atoms with Crippen LogP contribution in [0.25, 0.3) is 0 Å².